The lowest BCUT2D eigenvalue weighted by Gasteiger charge is -2.08. The zero-order chi connectivity index (χ0) is 8.43. The van der Waals surface area contributed by atoms with Crippen LogP contribution in [0, 0.1) is 0 Å². The summed E-state index contributed by atoms with van der Waals surface area (Å²) in [6, 6.07) is 0. The number of hydrogen-bond donors (Lipinski definition) is 0. The van der Waals surface area contributed by atoms with Gasteiger partial charge in [-0.15, -0.1) is 0 Å². The molecule has 0 aromatic carbocycles. The first-order valence-corrected chi connectivity index (χ1v) is 5.95. The average Bonchev–Trinajstić information content (AvgIpc) is 2.26. The summed E-state index contributed by atoms with van der Waals surface area (Å²) in [6.07, 6.45) is 2.23. The van der Waals surface area contributed by atoms with E-state index in [1.807, 2.05) is 28.8 Å². The molecule has 1 atom stereocenters. The standard InChI is InChI=1S/C6H8INO2S/c1-11-4-2-5(9)8(3-7)6(4)10/h4H,2-3H2,1H3. The lowest BCUT2D eigenvalue weighted by molar-refractivity contribution is -0.136. The number of amides is 2. The quantitative estimate of drug-likeness (QED) is 0.327. The van der Waals surface area contributed by atoms with Gasteiger partial charge in [-0.2, -0.15) is 11.8 Å². The van der Waals surface area contributed by atoms with Gasteiger partial charge in [0.05, 0.1) is 9.80 Å². The Bertz CT molecular complexity index is 197. The van der Waals surface area contributed by atoms with E-state index < -0.39 is 0 Å². The van der Waals surface area contributed by atoms with Gasteiger partial charge in [-0.3, -0.25) is 14.5 Å². The number of thioether (sulfide) groups is 1. The maximum absolute atomic E-state index is 11.3. The number of hydrogen-bond acceptors (Lipinski definition) is 3. The zero-order valence-corrected chi connectivity index (χ0v) is 9.02. The Balaban J connectivity index is 2.71. The van der Waals surface area contributed by atoms with Gasteiger partial charge < -0.3 is 0 Å². The van der Waals surface area contributed by atoms with E-state index in [9.17, 15) is 9.59 Å². The van der Waals surface area contributed by atoms with E-state index in [0.29, 0.717) is 11.0 Å². The molecule has 0 saturated carbocycles. The van der Waals surface area contributed by atoms with E-state index >= 15 is 0 Å². The third kappa shape index (κ3) is 1.69. The van der Waals surface area contributed by atoms with Crippen LogP contribution in [0.15, 0.2) is 0 Å². The second kappa shape index (κ2) is 3.75. The lowest BCUT2D eigenvalue weighted by atomic mass is 10.4. The molecule has 1 saturated heterocycles. The van der Waals surface area contributed by atoms with Crippen LogP contribution in [0.25, 0.3) is 0 Å². The summed E-state index contributed by atoms with van der Waals surface area (Å²) in [4.78, 5) is 23.6. The first kappa shape index (κ1) is 9.31. The minimum Gasteiger partial charge on any atom is -0.274 e. The van der Waals surface area contributed by atoms with Crippen molar-refractivity contribution in [2.24, 2.45) is 0 Å². The van der Waals surface area contributed by atoms with Gasteiger partial charge in [-0.05, 0) is 6.26 Å². The predicted molar refractivity (Wildman–Crippen MR) is 52.7 cm³/mol. The van der Waals surface area contributed by atoms with Gasteiger partial charge in [0, 0.05) is 6.42 Å². The molecule has 1 aliphatic rings. The van der Waals surface area contributed by atoms with Gasteiger partial charge in [-0.25, -0.2) is 0 Å². The Labute approximate surface area is 83.0 Å². The van der Waals surface area contributed by atoms with Crippen molar-refractivity contribution in [3.63, 3.8) is 0 Å². The Morgan fingerprint density at radius 3 is 2.64 bits per heavy atom. The Morgan fingerprint density at radius 2 is 2.36 bits per heavy atom. The molecule has 0 aliphatic carbocycles. The highest BCUT2D eigenvalue weighted by Gasteiger charge is 2.36. The van der Waals surface area contributed by atoms with Crippen molar-refractivity contribution in [3.8, 4) is 0 Å². The van der Waals surface area contributed by atoms with Crippen LogP contribution in [0.4, 0.5) is 0 Å². The molecule has 0 bridgehead atoms. The number of nitrogens with zero attached hydrogens (tertiary/aromatic N) is 1. The summed E-state index contributed by atoms with van der Waals surface area (Å²) in [5.41, 5.74) is 0. The Hall–Kier alpha value is 0.220. The first-order chi connectivity index (χ1) is 5.20. The number of halogens is 1. The fourth-order valence-electron chi connectivity index (χ4n) is 0.963. The number of alkyl halides is 1. The molecular formula is C6H8INO2S. The van der Waals surface area contributed by atoms with Crippen molar-refractivity contribution in [3.05, 3.63) is 0 Å². The van der Waals surface area contributed by atoms with Gasteiger partial charge in [-0.1, -0.05) is 22.6 Å². The Kier molecular flexibility index (Phi) is 3.17. The second-order valence-electron chi connectivity index (χ2n) is 2.21. The Morgan fingerprint density at radius 1 is 1.73 bits per heavy atom. The molecule has 0 spiro atoms. The van der Waals surface area contributed by atoms with Crippen LogP contribution < -0.4 is 0 Å². The smallest absolute Gasteiger partial charge is 0.243 e. The summed E-state index contributed by atoms with van der Waals surface area (Å²) >= 11 is 3.47. The minimum atomic E-state index is -0.128. The van der Waals surface area contributed by atoms with Crippen molar-refractivity contribution in [2.45, 2.75) is 11.7 Å². The van der Waals surface area contributed by atoms with Crippen LogP contribution in [-0.2, 0) is 9.59 Å². The number of carbonyl (C=O) groups is 2. The van der Waals surface area contributed by atoms with Crippen LogP contribution in [0.1, 0.15) is 6.42 Å². The van der Waals surface area contributed by atoms with Crippen LogP contribution in [-0.4, -0.2) is 32.8 Å². The van der Waals surface area contributed by atoms with Gasteiger partial charge in [0.1, 0.15) is 0 Å². The summed E-state index contributed by atoms with van der Waals surface area (Å²) in [6.45, 7) is 0. The highest BCUT2D eigenvalue weighted by molar-refractivity contribution is 14.1. The molecule has 0 aromatic heterocycles. The highest BCUT2D eigenvalue weighted by Crippen LogP contribution is 2.23. The molecule has 1 fully saturated rings. The molecule has 0 radical (unpaired) electrons. The fraction of sp³-hybridized carbons (Fsp3) is 0.667. The van der Waals surface area contributed by atoms with E-state index in [1.165, 1.54) is 16.7 Å². The minimum absolute atomic E-state index is 0.0306. The van der Waals surface area contributed by atoms with E-state index in [-0.39, 0.29) is 17.1 Å². The van der Waals surface area contributed by atoms with Gasteiger partial charge in [0.2, 0.25) is 11.8 Å². The van der Waals surface area contributed by atoms with Crippen molar-refractivity contribution >= 4 is 46.2 Å². The van der Waals surface area contributed by atoms with Gasteiger partial charge in [0.25, 0.3) is 0 Å². The summed E-state index contributed by atoms with van der Waals surface area (Å²) in [5, 5.41) is -0.128. The lowest BCUT2D eigenvalue weighted by Crippen LogP contribution is -2.29. The second-order valence-corrected chi connectivity index (χ2v) is 3.93. The molecule has 5 heteroatoms. The third-order valence-corrected chi connectivity index (χ3v) is 3.23. The summed E-state index contributed by atoms with van der Waals surface area (Å²) in [5.74, 6) is -0.0688. The molecule has 1 heterocycles. The van der Waals surface area contributed by atoms with E-state index in [1.54, 1.807) is 0 Å². The van der Waals surface area contributed by atoms with Crippen molar-refractivity contribution in [1.82, 2.24) is 4.90 Å². The summed E-state index contributed by atoms with van der Waals surface area (Å²) in [7, 11) is 0. The molecule has 62 valence electrons. The average molecular weight is 285 g/mol. The number of rotatable bonds is 2. The number of imide groups is 1. The first-order valence-electron chi connectivity index (χ1n) is 3.13. The van der Waals surface area contributed by atoms with Crippen molar-refractivity contribution < 1.29 is 9.59 Å². The van der Waals surface area contributed by atoms with Gasteiger partial charge >= 0.3 is 0 Å². The van der Waals surface area contributed by atoms with Crippen LogP contribution in [0.2, 0.25) is 0 Å². The normalized spacial score (nSPS) is 24.9. The molecule has 1 unspecified atom stereocenters. The fourth-order valence-corrected chi connectivity index (χ4v) is 2.32. The molecule has 2 amide bonds. The topological polar surface area (TPSA) is 37.4 Å². The third-order valence-electron chi connectivity index (χ3n) is 1.61. The summed E-state index contributed by atoms with van der Waals surface area (Å²) < 4.78 is 0.479. The molecule has 1 aliphatic heterocycles. The largest absolute Gasteiger partial charge is 0.274 e. The van der Waals surface area contributed by atoms with E-state index in [2.05, 4.69) is 0 Å². The highest BCUT2D eigenvalue weighted by atomic mass is 127. The van der Waals surface area contributed by atoms with Crippen molar-refractivity contribution in [2.75, 3.05) is 10.8 Å². The maximum Gasteiger partial charge on any atom is 0.243 e. The molecule has 0 aromatic rings. The van der Waals surface area contributed by atoms with Crippen LogP contribution in [0.5, 0.6) is 0 Å². The number of likely N-dealkylation sites (tertiary alicyclic amines) is 1. The molecule has 11 heavy (non-hydrogen) atoms. The zero-order valence-electron chi connectivity index (χ0n) is 6.04. The van der Waals surface area contributed by atoms with Gasteiger partial charge in [0.15, 0.2) is 0 Å². The maximum atomic E-state index is 11.3. The molecule has 3 nitrogen and oxygen atoms in total. The SMILES string of the molecule is CSC1CC(=O)N(CI)C1=O. The molecular weight excluding hydrogens is 277 g/mol. The monoisotopic (exact) mass is 285 g/mol. The van der Waals surface area contributed by atoms with E-state index in [4.69, 9.17) is 0 Å². The van der Waals surface area contributed by atoms with Crippen LogP contribution >= 0.6 is 34.4 Å². The van der Waals surface area contributed by atoms with Crippen LogP contribution in [0.3, 0.4) is 0 Å². The van der Waals surface area contributed by atoms with Crippen molar-refractivity contribution in [1.29, 1.82) is 0 Å². The molecule has 0 N–H and O–H groups in total. The van der Waals surface area contributed by atoms with E-state index in [0.717, 1.165) is 0 Å². The molecule has 1 rings (SSSR count). The predicted octanol–water partition coefficient (Wildman–Crippen LogP) is 0.869. The number of carbonyl (C=O) groups excluding carboxylic acids is 2.